The van der Waals surface area contributed by atoms with Crippen molar-refractivity contribution >= 4 is 15.9 Å². The van der Waals surface area contributed by atoms with Gasteiger partial charge in [-0.05, 0) is 25.0 Å². The Morgan fingerprint density at radius 2 is 2.32 bits per heavy atom. The largest absolute Gasteiger partial charge is 0.368 e. The van der Waals surface area contributed by atoms with Gasteiger partial charge < -0.3 is 10.1 Å². The van der Waals surface area contributed by atoms with Gasteiger partial charge in [-0.25, -0.2) is 8.42 Å². The summed E-state index contributed by atoms with van der Waals surface area (Å²) in [6, 6.07) is 5.35. The van der Waals surface area contributed by atoms with Crippen molar-refractivity contribution in [2.45, 2.75) is 25.5 Å². The fraction of sp³-hybridized carbons (Fsp3) is 0.571. The Balaban J connectivity index is 1.86. The van der Waals surface area contributed by atoms with E-state index in [9.17, 15) is 13.2 Å². The van der Waals surface area contributed by atoms with Gasteiger partial charge in [0.15, 0.2) is 0 Å². The molecule has 1 fully saturated rings. The minimum atomic E-state index is -3.37. The molecular formula is C14H21N3O4S. The zero-order valence-electron chi connectivity index (χ0n) is 12.6. The predicted octanol–water partition coefficient (Wildman–Crippen LogP) is 0.138. The highest BCUT2D eigenvalue weighted by Gasteiger charge is 2.24. The molecular weight excluding hydrogens is 306 g/mol. The summed E-state index contributed by atoms with van der Waals surface area (Å²) in [6.07, 6.45) is 3.97. The van der Waals surface area contributed by atoms with E-state index in [1.54, 1.807) is 18.3 Å². The third-order valence-corrected chi connectivity index (χ3v) is 4.67. The minimum absolute atomic E-state index is 0.177. The summed E-state index contributed by atoms with van der Waals surface area (Å²) >= 11 is 0. The number of pyridine rings is 1. The van der Waals surface area contributed by atoms with E-state index in [0.29, 0.717) is 12.3 Å². The van der Waals surface area contributed by atoms with Gasteiger partial charge in [-0.3, -0.25) is 9.78 Å². The Morgan fingerprint density at radius 1 is 1.50 bits per heavy atom. The molecule has 0 spiro atoms. The van der Waals surface area contributed by atoms with Gasteiger partial charge >= 0.3 is 0 Å². The number of sulfonamides is 1. The van der Waals surface area contributed by atoms with Crippen LogP contribution in [0.1, 0.15) is 18.5 Å². The molecule has 2 rings (SSSR count). The third kappa shape index (κ3) is 5.04. The first-order chi connectivity index (χ1) is 10.5. The molecule has 0 radical (unpaired) electrons. The second-order valence-electron chi connectivity index (χ2n) is 5.21. The standard InChI is InChI=1S/C14H21N3O4S/c1-22(19,20)17(11-12-5-2-3-7-15-12)9-8-16-14(18)13-6-4-10-21-13/h2-3,5,7,13H,4,6,8-11H2,1H3,(H,16,18). The van der Waals surface area contributed by atoms with E-state index in [2.05, 4.69) is 10.3 Å². The molecule has 1 atom stereocenters. The second-order valence-corrected chi connectivity index (χ2v) is 7.19. The van der Waals surface area contributed by atoms with Gasteiger partial charge in [0.1, 0.15) is 6.10 Å². The smallest absolute Gasteiger partial charge is 0.249 e. The maximum absolute atomic E-state index is 11.8. The van der Waals surface area contributed by atoms with Crippen LogP contribution in [0.5, 0.6) is 0 Å². The number of aromatic nitrogens is 1. The minimum Gasteiger partial charge on any atom is -0.368 e. The Bertz CT molecular complexity index is 585. The molecule has 1 aromatic heterocycles. The number of hydrogen-bond acceptors (Lipinski definition) is 5. The molecule has 1 aliphatic rings. The van der Waals surface area contributed by atoms with Crippen LogP contribution in [0.4, 0.5) is 0 Å². The predicted molar refractivity (Wildman–Crippen MR) is 81.5 cm³/mol. The SMILES string of the molecule is CS(=O)(=O)N(CCNC(=O)C1CCCO1)Cc1ccccn1. The lowest BCUT2D eigenvalue weighted by Gasteiger charge is -2.20. The van der Waals surface area contributed by atoms with Crippen LogP contribution in [0.15, 0.2) is 24.4 Å². The molecule has 1 amide bonds. The fourth-order valence-electron chi connectivity index (χ4n) is 2.24. The highest BCUT2D eigenvalue weighted by atomic mass is 32.2. The number of rotatable bonds is 7. The van der Waals surface area contributed by atoms with Crippen molar-refractivity contribution in [3.63, 3.8) is 0 Å². The quantitative estimate of drug-likeness (QED) is 0.769. The Kier molecular flexibility index (Phi) is 5.87. The average molecular weight is 327 g/mol. The van der Waals surface area contributed by atoms with E-state index < -0.39 is 16.1 Å². The maximum atomic E-state index is 11.8. The van der Waals surface area contributed by atoms with Crippen molar-refractivity contribution in [1.82, 2.24) is 14.6 Å². The molecule has 0 aliphatic carbocycles. The monoisotopic (exact) mass is 327 g/mol. The highest BCUT2D eigenvalue weighted by molar-refractivity contribution is 7.88. The summed E-state index contributed by atoms with van der Waals surface area (Å²) in [7, 11) is -3.37. The molecule has 1 N–H and O–H groups in total. The van der Waals surface area contributed by atoms with Gasteiger partial charge in [-0.15, -0.1) is 0 Å². The Hall–Kier alpha value is -1.51. The maximum Gasteiger partial charge on any atom is 0.249 e. The van der Waals surface area contributed by atoms with Crippen molar-refractivity contribution in [2.75, 3.05) is 26.0 Å². The van der Waals surface area contributed by atoms with Crippen LogP contribution in [0.25, 0.3) is 0 Å². The number of ether oxygens (including phenoxy) is 1. The first-order valence-corrected chi connectivity index (χ1v) is 9.06. The average Bonchev–Trinajstić information content (AvgIpc) is 3.00. The highest BCUT2D eigenvalue weighted by Crippen LogP contribution is 2.11. The zero-order chi connectivity index (χ0) is 16.0. The Labute approximate surface area is 130 Å². The van der Waals surface area contributed by atoms with Crippen LogP contribution in [0.2, 0.25) is 0 Å². The molecule has 0 saturated carbocycles. The van der Waals surface area contributed by atoms with Gasteiger partial charge in [-0.2, -0.15) is 4.31 Å². The molecule has 8 heteroatoms. The zero-order valence-corrected chi connectivity index (χ0v) is 13.4. The van der Waals surface area contributed by atoms with Crippen molar-refractivity contribution in [2.24, 2.45) is 0 Å². The summed E-state index contributed by atoms with van der Waals surface area (Å²) in [5, 5.41) is 2.72. The molecule has 0 aromatic carbocycles. The van der Waals surface area contributed by atoms with Crippen molar-refractivity contribution in [3.05, 3.63) is 30.1 Å². The number of nitrogens with one attached hydrogen (secondary N) is 1. The molecule has 1 aromatic rings. The van der Waals surface area contributed by atoms with Crippen molar-refractivity contribution < 1.29 is 17.9 Å². The number of amides is 1. The van der Waals surface area contributed by atoms with E-state index in [-0.39, 0.29) is 25.5 Å². The van der Waals surface area contributed by atoms with E-state index in [1.807, 2.05) is 6.07 Å². The summed E-state index contributed by atoms with van der Waals surface area (Å²) in [5.74, 6) is -0.177. The molecule has 2 heterocycles. The summed E-state index contributed by atoms with van der Waals surface area (Å²) in [5.41, 5.74) is 0.665. The lowest BCUT2D eigenvalue weighted by atomic mass is 10.2. The summed E-state index contributed by atoms with van der Waals surface area (Å²) in [4.78, 5) is 15.9. The first-order valence-electron chi connectivity index (χ1n) is 7.21. The van der Waals surface area contributed by atoms with Gasteiger partial charge in [0.25, 0.3) is 0 Å². The first kappa shape index (κ1) is 16.9. The van der Waals surface area contributed by atoms with Crippen LogP contribution >= 0.6 is 0 Å². The molecule has 22 heavy (non-hydrogen) atoms. The third-order valence-electron chi connectivity index (χ3n) is 3.42. The van der Waals surface area contributed by atoms with Gasteiger partial charge in [0.2, 0.25) is 15.9 Å². The van der Waals surface area contributed by atoms with Crippen LogP contribution in [-0.4, -0.2) is 55.7 Å². The van der Waals surface area contributed by atoms with Gasteiger partial charge in [-0.1, -0.05) is 6.07 Å². The number of carbonyl (C=O) groups is 1. The van der Waals surface area contributed by atoms with Crippen molar-refractivity contribution in [3.8, 4) is 0 Å². The van der Waals surface area contributed by atoms with Crippen LogP contribution < -0.4 is 5.32 Å². The molecule has 0 bridgehead atoms. The topological polar surface area (TPSA) is 88.6 Å². The van der Waals surface area contributed by atoms with E-state index in [4.69, 9.17) is 4.74 Å². The lowest BCUT2D eigenvalue weighted by molar-refractivity contribution is -0.130. The van der Waals surface area contributed by atoms with Crippen LogP contribution in [-0.2, 0) is 26.1 Å². The van der Waals surface area contributed by atoms with Crippen LogP contribution in [0, 0.1) is 0 Å². The summed E-state index contributed by atoms with van der Waals surface area (Å²) < 4.78 is 30.2. The number of nitrogens with zero attached hydrogens (tertiary/aromatic N) is 2. The van der Waals surface area contributed by atoms with E-state index in [0.717, 1.165) is 19.1 Å². The lowest BCUT2D eigenvalue weighted by Crippen LogP contribution is -2.41. The van der Waals surface area contributed by atoms with Crippen LogP contribution in [0.3, 0.4) is 0 Å². The fourth-order valence-corrected chi connectivity index (χ4v) is 3.03. The molecule has 122 valence electrons. The number of hydrogen-bond donors (Lipinski definition) is 1. The molecule has 7 nitrogen and oxygen atoms in total. The van der Waals surface area contributed by atoms with E-state index in [1.165, 1.54) is 4.31 Å². The molecule has 1 unspecified atom stereocenters. The summed E-state index contributed by atoms with van der Waals surface area (Å²) in [6.45, 7) is 1.25. The van der Waals surface area contributed by atoms with E-state index >= 15 is 0 Å². The van der Waals surface area contributed by atoms with Gasteiger partial charge in [0.05, 0.1) is 18.5 Å². The molecule has 1 aliphatic heterocycles. The Morgan fingerprint density at radius 3 is 2.91 bits per heavy atom. The number of carbonyl (C=O) groups excluding carboxylic acids is 1. The van der Waals surface area contributed by atoms with Crippen molar-refractivity contribution in [1.29, 1.82) is 0 Å². The van der Waals surface area contributed by atoms with Gasteiger partial charge in [0, 0.05) is 25.9 Å². The molecule has 1 saturated heterocycles. The normalized spacial score (nSPS) is 18.5. The second kappa shape index (κ2) is 7.66.